The topological polar surface area (TPSA) is 93.1 Å². The van der Waals surface area contributed by atoms with Gasteiger partial charge >= 0.3 is 11.8 Å². The van der Waals surface area contributed by atoms with Gasteiger partial charge in [-0.15, -0.1) is 0 Å². The molecule has 3 N–H and O–H groups in total. The highest BCUT2D eigenvalue weighted by Gasteiger charge is 2.29. The second-order valence-electron chi connectivity index (χ2n) is 5.35. The summed E-state index contributed by atoms with van der Waals surface area (Å²) in [7, 11) is 0. The lowest BCUT2D eigenvalue weighted by Gasteiger charge is -2.34. The molecule has 0 aromatic rings. The van der Waals surface area contributed by atoms with Crippen LogP contribution in [-0.4, -0.2) is 83.3 Å². The van der Waals surface area contributed by atoms with Gasteiger partial charge in [-0.3, -0.25) is 14.5 Å². The van der Waals surface area contributed by atoms with Crippen LogP contribution in [0, 0.1) is 0 Å². The number of nitrogens with zero attached hydrogens (tertiary/aromatic N) is 2. The van der Waals surface area contributed by atoms with Crippen LogP contribution >= 0.6 is 0 Å². The van der Waals surface area contributed by atoms with Gasteiger partial charge in [0.05, 0.1) is 18.8 Å². The molecule has 1 fully saturated rings. The lowest BCUT2D eigenvalue weighted by atomic mass is 10.1. The molecule has 0 spiro atoms. The van der Waals surface area contributed by atoms with E-state index < -0.39 is 17.4 Å². The van der Waals surface area contributed by atoms with Crippen LogP contribution in [0.1, 0.15) is 13.8 Å². The molecule has 7 nitrogen and oxygen atoms in total. The van der Waals surface area contributed by atoms with Crippen molar-refractivity contribution >= 4 is 11.8 Å². The summed E-state index contributed by atoms with van der Waals surface area (Å²) in [6.07, 6.45) is 0. The molecule has 1 heterocycles. The molecule has 0 aliphatic carbocycles. The zero-order valence-corrected chi connectivity index (χ0v) is 11.6. The lowest BCUT2D eigenvalue weighted by Crippen LogP contribution is -2.56. The van der Waals surface area contributed by atoms with Crippen molar-refractivity contribution in [3.63, 3.8) is 0 Å². The Labute approximate surface area is 113 Å². The van der Waals surface area contributed by atoms with Crippen molar-refractivity contribution in [2.75, 3.05) is 45.9 Å². The van der Waals surface area contributed by atoms with Crippen LogP contribution in [0.5, 0.6) is 0 Å². The van der Waals surface area contributed by atoms with Gasteiger partial charge in [0.2, 0.25) is 0 Å². The predicted molar refractivity (Wildman–Crippen MR) is 69.4 cm³/mol. The summed E-state index contributed by atoms with van der Waals surface area (Å²) in [6, 6.07) is 0. The second kappa shape index (κ2) is 6.83. The third-order valence-electron chi connectivity index (χ3n) is 3.12. The third kappa shape index (κ3) is 4.77. The van der Waals surface area contributed by atoms with Crippen molar-refractivity contribution in [2.24, 2.45) is 0 Å². The van der Waals surface area contributed by atoms with Gasteiger partial charge in [-0.25, -0.2) is 0 Å². The van der Waals surface area contributed by atoms with Gasteiger partial charge in [0, 0.05) is 32.7 Å². The summed E-state index contributed by atoms with van der Waals surface area (Å²) >= 11 is 0. The van der Waals surface area contributed by atoms with E-state index in [2.05, 4.69) is 5.32 Å². The Bertz CT molecular complexity index is 325. The molecule has 0 radical (unpaired) electrons. The first kappa shape index (κ1) is 15.9. The molecule has 0 unspecified atom stereocenters. The van der Waals surface area contributed by atoms with Crippen LogP contribution in [0.4, 0.5) is 0 Å². The van der Waals surface area contributed by atoms with Gasteiger partial charge in [0.15, 0.2) is 0 Å². The van der Waals surface area contributed by atoms with E-state index in [0.717, 1.165) is 0 Å². The van der Waals surface area contributed by atoms with Crippen molar-refractivity contribution < 1.29 is 19.8 Å². The van der Waals surface area contributed by atoms with Crippen LogP contribution < -0.4 is 5.32 Å². The third-order valence-corrected chi connectivity index (χ3v) is 3.12. The molecule has 110 valence electrons. The number of aliphatic hydroxyl groups excluding tert-OH is 2. The lowest BCUT2D eigenvalue weighted by molar-refractivity contribution is -0.148. The summed E-state index contributed by atoms with van der Waals surface area (Å²) in [5.74, 6) is -1.25. The van der Waals surface area contributed by atoms with Crippen LogP contribution in [0.3, 0.4) is 0 Å². The molecule has 7 heteroatoms. The first-order valence-electron chi connectivity index (χ1n) is 6.45. The van der Waals surface area contributed by atoms with E-state index in [0.29, 0.717) is 32.7 Å². The number of rotatable bonds is 4. The van der Waals surface area contributed by atoms with Crippen LogP contribution in [-0.2, 0) is 9.59 Å². The number of hydrogen-bond acceptors (Lipinski definition) is 5. The standard InChI is InChI=1S/C12H23N3O4/c1-12(2,9-17)13-10(18)11(19)15-5-3-14(4-6-15)7-8-16/h16-17H,3-9H2,1-2H3,(H,13,18). The minimum Gasteiger partial charge on any atom is -0.395 e. The smallest absolute Gasteiger partial charge is 0.311 e. The number of carbonyl (C=O) groups is 2. The number of β-amino-alcohol motifs (C(OH)–C–C–N with tert-alkyl or cyclic N) is 1. The zero-order valence-electron chi connectivity index (χ0n) is 11.6. The zero-order chi connectivity index (χ0) is 14.5. The van der Waals surface area contributed by atoms with Crippen molar-refractivity contribution in [1.82, 2.24) is 15.1 Å². The molecule has 0 bridgehead atoms. The highest BCUT2D eigenvalue weighted by molar-refractivity contribution is 6.35. The highest BCUT2D eigenvalue weighted by Crippen LogP contribution is 2.04. The van der Waals surface area contributed by atoms with E-state index in [1.54, 1.807) is 13.8 Å². The minimum atomic E-state index is -0.800. The van der Waals surface area contributed by atoms with Gasteiger partial charge < -0.3 is 20.4 Å². The monoisotopic (exact) mass is 273 g/mol. The number of nitrogens with one attached hydrogen (secondary N) is 1. The molecule has 1 saturated heterocycles. The quantitative estimate of drug-likeness (QED) is 0.516. The fraction of sp³-hybridized carbons (Fsp3) is 0.833. The Kier molecular flexibility index (Phi) is 5.71. The maximum absolute atomic E-state index is 11.9. The molecule has 1 aliphatic rings. The van der Waals surface area contributed by atoms with Gasteiger partial charge in [0.1, 0.15) is 0 Å². The van der Waals surface area contributed by atoms with E-state index in [9.17, 15) is 9.59 Å². The SMILES string of the molecule is CC(C)(CO)NC(=O)C(=O)N1CCN(CCO)CC1. The molecule has 1 rings (SSSR count). The Morgan fingerprint density at radius 1 is 1.16 bits per heavy atom. The van der Waals surface area contributed by atoms with Crippen LogP contribution in [0.25, 0.3) is 0 Å². The number of piperazine rings is 1. The maximum atomic E-state index is 11.9. The van der Waals surface area contributed by atoms with Crippen molar-refractivity contribution in [3.05, 3.63) is 0 Å². The molecule has 2 amide bonds. The molecule has 0 aromatic carbocycles. The van der Waals surface area contributed by atoms with E-state index in [1.807, 2.05) is 4.90 Å². The number of carbonyl (C=O) groups excluding carboxylic acids is 2. The maximum Gasteiger partial charge on any atom is 0.311 e. The van der Waals surface area contributed by atoms with E-state index in [-0.39, 0.29) is 13.2 Å². The van der Waals surface area contributed by atoms with Gasteiger partial charge in [-0.1, -0.05) is 0 Å². The summed E-state index contributed by atoms with van der Waals surface area (Å²) in [5, 5.41) is 20.4. The fourth-order valence-corrected chi connectivity index (χ4v) is 1.86. The fourth-order valence-electron chi connectivity index (χ4n) is 1.86. The second-order valence-corrected chi connectivity index (χ2v) is 5.35. The van der Waals surface area contributed by atoms with Crippen molar-refractivity contribution in [2.45, 2.75) is 19.4 Å². The minimum absolute atomic E-state index is 0.0964. The predicted octanol–water partition coefficient (Wildman–Crippen LogP) is -1.99. The molecule has 1 aliphatic heterocycles. The van der Waals surface area contributed by atoms with Crippen molar-refractivity contribution in [1.29, 1.82) is 0 Å². The molecule has 0 saturated carbocycles. The number of hydrogen-bond donors (Lipinski definition) is 3. The summed E-state index contributed by atoms with van der Waals surface area (Å²) in [5.41, 5.74) is -0.800. The Balaban J connectivity index is 2.44. The first-order chi connectivity index (χ1) is 8.89. The molecule has 0 atom stereocenters. The molecule has 19 heavy (non-hydrogen) atoms. The van der Waals surface area contributed by atoms with E-state index in [4.69, 9.17) is 10.2 Å². The summed E-state index contributed by atoms with van der Waals surface area (Å²) in [4.78, 5) is 27.2. The highest BCUT2D eigenvalue weighted by atomic mass is 16.3. The van der Waals surface area contributed by atoms with Crippen LogP contribution in [0.2, 0.25) is 0 Å². The van der Waals surface area contributed by atoms with E-state index in [1.165, 1.54) is 4.90 Å². The van der Waals surface area contributed by atoms with E-state index >= 15 is 0 Å². The molecule has 0 aromatic heterocycles. The van der Waals surface area contributed by atoms with Crippen molar-refractivity contribution in [3.8, 4) is 0 Å². The largest absolute Gasteiger partial charge is 0.395 e. The number of aliphatic hydroxyl groups is 2. The number of amides is 2. The average molecular weight is 273 g/mol. The Hall–Kier alpha value is -1.18. The van der Waals surface area contributed by atoms with Gasteiger partial charge in [-0.2, -0.15) is 0 Å². The molecular weight excluding hydrogens is 250 g/mol. The molecular formula is C12H23N3O4. The van der Waals surface area contributed by atoms with Gasteiger partial charge in [-0.05, 0) is 13.8 Å². The van der Waals surface area contributed by atoms with Gasteiger partial charge in [0.25, 0.3) is 0 Å². The summed E-state index contributed by atoms with van der Waals surface area (Å²) in [6.45, 7) is 6.03. The Morgan fingerprint density at radius 2 is 1.74 bits per heavy atom. The summed E-state index contributed by atoms with van der Waals surface area (Å²) < 4.78 is 0. The normalized spacial score (nSPS) is 17.4. The average Bonchev–Trinajstić information content (AvgIpc) is 2.38. The van der Waals surface area contributed by atoms with Crippen LogP contribution in [0.15, 0.2) is 0 Å². The Morgan fingerprint density at radius 3 is 2.21 bits per heavy atom. The first-order valence-corrected chi connectivity index (χ1v) is 6.45.